The smallest absolute Gasteiger partial charge is 0.240 e. The summed E-state index contributed by atoms with van der Waals surface area (Å²) in [6.07, 6.45) is 3.51. The van der Waals surface area contributed by atoms with Gasteiger partial charge in [-0.2, -0.15) is 0 Å². The molecule has 4 N–H and O–H groups in total. The Labute approximate surface area is 245 Å². The molecule has 1 aliphatic heterocycles. The van der Waals surface area contributed by atoms with Gasteiger partial charge in [-0.25, -0.2) is 0 Å². The number of rotatable bonds is 14. The van der Waals surface area contributed by atoms with Gasteiger partial charge in [-0.1, -0.05) is 61.0 Å². The summed E-state index contributed by atoms with van der Waals surface area (Å²) in [6, 6.07) is 15.1. The summed E-state index contributed by atoms with van der Waals surface area (Å²) in [5, 5.41) is 18.8. The lowest BCUT2D eigenvalue weighted by Crippen LogP contribution is -2.53. The molecule has 1 heterocycles. The lowest BCUT2D eigenvalue weighted by Gasteiger charge is -2.32. The predicted octanol–water partition coefficient (Wildman–Crippen LogP) is 2.42. The highest BCUT2D eigenvalue weighted by Crippen LogP contribution is 2.32. The van der Waals surface area contributed by atoms with Gasteiger partial charge in [0, 0.05) is 20.1 Å². The molecule has 0 saturated carbocycles. The number of hydrogen-bond donors (Lipinski definition) is 4. The fourth-order valence-electron chi connectivity index (χ4n) is 4.73. The summed E-state index contributed by atoms with van der Waals surface area (Å²) in [5.74, 6) is 0.671. The Morgan fingerprint density at radius 2 is 1.90 bits per heavy atom. The molecule has 4 unspecified atom stereocenters. The summed E-state index contributed by atoms with van der Waals surface area (Å²) in [4.78, 5) is 37.1. The van der Waals surface area contributed by atoms with Crippen molar-refractivity contribution in [3.8, 4) is 5.75 Å². The summed E-state index contributed by atoms with van der Waals surface area (Å²) in [7, 11) is 3.28. The zero-order chi connectivity index (χ0) is 30.2. The third-order valence-electron chi connectivity index (χ3n) is 7.15. The molecule has 226 valence electrons. The Kier molecular flexibility index (Phi) is 15.1. The van der Waals surface area contributed by atoms with E-state index in [-0.39, 0.29) is 17.9 Å². The van der Waals surface area contributed by atoms with E-state index in [4.69, 9.17) is 4.74 Å². The molecule has 1 aliphatic rings. The number of benzene rings is 2. The van der Waals surface area contributed by atoms with Crippen molar-refractivity contribution in [2.24, 2.45) is 0 Å². The van der Waals surface area contributed by atoms with Crippen molar-refractivity contribution in [2.75, 3.05) is 33.7 Å². The molecule has 2 aromatic carbocycles. The second-order valence-corrected chi connectivity index (χ2v) is 10.5. The SMILES string of the molecule is CCC(NCC1CCc2cccc(CCCNC(=O)CNC)c2O1)C(=O)N(C)C(C=O)C(C)O.Cc1ccccc1. The Morgan fingerprint density at radius 1 is 1.17 bits per heavy atom. The highest BCUT2D eigenvalue weighted by molar-refractivity contribution is 5.84. The monoisotopic (exact) mass is 568 g/mol. The van der Waals surface area contributed by atoms with Gasteiger partial charge < -0.3 is 35.5 Å². The number of nitrogens with one attached hydrogen (secondary N) is 3. The molecule has 41 heavy (non-hydrogen) atoms. The van der Waals surface area contributed by atoms with Gasteiger partial charge in [-0.05, 0) is 64.1 Å². The van der Waals surface area contributed by atoms with Crippen molar-refractivity contribution < 1.29 is 24.2 Å². The van der Waals surface area contributed by atoms with E-state index < -0.39 is 18.2 Å². The molecule has 0 saturated heterocycles. The minimum absolute atomic E-state index is 0.0152. The first-order chi connectivity index (χ1) is 19.7. The van der Waals surface area contributed by atoms with Crippen LogP contribution in [0.2, 0.25) is 0 Å². The fraction of sp³-hybridized carbons (Fsp3) is 0.531. The van der Waals surface area contributed by atoms with Crippen LogP contribution in [-0.4, -0.2) is 86.1 Å². The van der Waals surface area contributed by atoms with Gasteiger partial charge in [0.2, 0.25) is 11.8 Å². The molecule has 0 radical (unpaired) electrons. The van der Waals surface area contributed by atoms with Crippen LogP contribution in [0.5, 0.6) is 5.75 Å². The van der Waals surface area contributed by atoms with E-state index >= 15 is 0 Å². The molecule has 2 amide bonds. The molecular formula is C32H48N4O5. The van der Waals surface area contributed by atoms with Crippen molar-refractivity contribution in [1.29, 1.82) is 0 Å². The van der Waals surface area contributed by atoms with E-state index in [0.29, 0.717) is 32.3 Å². The third-order valence-corrected chi connectivity index (χ3v) is 7.15. The standard InChI is InChI=1S/C25H40N4O5.C7H8/c1-5-21(25(33)29(4)22(16-30)17(2)31)28-14-20-12-11-19-9-6-8-18(24(19)34-20)10-7-13-27-23(32)15-26-3;1-7-5-3-2-4-6-7/h6,8-9,16-17,20-22,26,28,31H,5,7,10-15H2,1-4H3,(H,27,32);2-6H,1H3. The highest BCUT2D eigenvalue weighted by atomic mass is 16.5. The number of fused-ring (bicyclic) bond motifs is 1. The summed E-state index contributed by atoms with van der Waals surface area (Å²) >= 11 is 0. The molecule has 3 rings (SSSR count). The van der Waals surface area contributed by atoms with Crippen LogP contribution in [0.25, 0.3) is 0 Å². The molecule has 9 nitrogen and oxygen atoms in total. The molecule has 4 atom stereocenters. The molecule has 0 bridgehead atoms. The number of carbonyl (C=O) groups is 3. The minimum atomic E-state index is -0.933. The minimum Gasteiger partial charge on any atom is -0.489 e. The maximum absolute atomic E-state index is 12.9. The first-order valence-corrected chi connectivity index (χ1v) is 14.6. The summed E-state index contributed by atoms with van der Waals surface area (Å²) in [6.45, 7) is 6.92. The number of aldehydes is 1. The Balaban J connectivity index is 0.000000729. The number of aliphatic hydroxyl groups excluding tert-OH is 1. The zero-order valence-corrected chi connectivity index (χ0v) is 25.2. The van der Waals surface area contributed by atoms with Crippen molar-refractivity contribution >= 4 is 18.1 Å². The normalized spacial score (nSPS) is 16.1. The highest BCUT2D eigenvalue weighted by Gasteiger charge is 2.29. The van der Waals surface area contributed by atoms with Crippen molar-refractivity contribution in [2.45, 2.75) is 77.2 Å². The van der Waals surface area contributed by atoms with Gasteiger partial charge >= 0.3 is 0 Å². The molecule has 0 aromatic heterocycles. The average molecular weight is 569 g/mol. The largest absolute Gasteiger partial charge is 0.489 e. The number of carbonyl (C=O) groups excluding carboxylic acids is 3. The van der Waals surface area contributed by atoms with Gasteiger partial charge in [-0.15, -0.1) is 0 Å². The van der Waals surface area contributed by atoms with Gasteiger partial charge in [0.15, 0.2) is 0 Å². The van der Waals surface area contributed by atoms with Crippen LogP contribution in [0.4, 0.5) is 0 Å². The molecule has 0 spiro atoms. The number of nitrogens with zero attached hydrogens (tertiary/aromatic N) is 1. The van der Waals surface area contributed by atoms with E-state index in [1.807, 2.05) is 31.2 Å². The van der Waals surface area contributed by atoms with E-state index in [2.05, 4.69) is 47.1 Å². The molecule has 2 aromatic rings. The van der Waals surface area contributed by atoms with Crippen LogP contribution in [0.15, 0.2) is 48.5 Å². The van der Waals surface area contributed by atoms with Crippen LogP contribution in [0.3, 0.4) is 0 Å². The number of aliphatic hydroxyl groups is 1. The second-order valence-electron chi connectivity index (χ2n) is 10.5. The lowest BCUT2D eigenvalue weighted by atomic mass is 9.97. The van der Waals surface area contributed by atoms with Gasteiger partial charge in [-0.3, -0.25) is 9.59 Å². The van der Waals surface area contributed by atoms with Gasteiger partial charge in [0.25, 0.3) is 0 Å². The van der Waals surface area contributed by atoms with Crippen molar-refractivity contribution in [3.63, 3.8) is 0 Å². The van der Waals surface area contributed by atoms with Crippen LogP contribution in [-0.2, 0) is 27.2 Å². The average Bonchev–Trinajstić information content (AvgIpc) is 2.96. The van der Waals surface area contributed by atoms with E-state index in [9.17, 15) is 19.5 Å². The number of hydrogen-bond acceptors (Lipinski definition) is 7. The van der Waals surface area contributed by atoms with Crippen LogP contribution < -0.4 is 20.7 Å². The van der Waals surface area contributed by atoms with Crippen molar-refractivity contribution in [1.82, 2.24) is 20.9 Å². The van der Waals surface area contributed by atoms with Crippen LogP contribution in [0, 0.1) is 6.92 Å². The maximum Gasteiger partial charge on any atom is 0.240 e. The topological polar surface area (TPSA) is 120 Å². The molecule has 9 heteroatoms. The van der Waals surface area contributed by atoms with Gasteiger partial charge in [0.1, 0.15) is 24.2 Å². The number of para-hydroxylation sites is 1. The van der Waals surface area contributed by atoms with E-state index in [1.54, 1.807) is 14.1 Å². The van der Waals surface area contributed by atoms with Crippen LogP contribution in [0.1, 0.15) is 49.8 Å². The zero-order valence-electron chi connectivity index (χ0n) is 25.2. The Morgan fingerprint density at radius 3 is 2.49 bits per heavy atom. The van der Waals surface area contributed by atoms with Gasteiger partial charge in [0.05, 0.1) is 18.7 Å². The summed E-state index contributed by atoms with van der Waals surface area (Å²) < 4.78 is 6.34. The quantitative estimate of drug-likeness (QED) is 0.204. The second kappa shape index (κ2) is 18.2. The first kappa shape index (κ1) is 33.9. The lowest BCUT2D eigenvalue weighted by molar-refractivity contribution is -0.139. The molecule has 0 fully saturated rings. The van der Waals surface area contributed by atoms with Crippen molar-refractivity contribution in [3.05, 3.63) is 65.2 Å². The number of aryl methyl sites for hydroxylation is 3. The van der Waals surface area contributed by atoms with E-state index in [0.717, 1.165) is 37.0 Å². The number of likely N-dealkylation sites (N-methyl/N-ethyl adjacent to an activating group) is 2. The number of amides is 2. The Bertz CT molecular complexity index is 1080. The number of ether oxygens (including phenoxy) is 1. The summed E-state index contributed by atoms with van der Waals surface area (Å²) in [5.41, 5.74) is 3.63. The van der Waals surface area contributed by atoms with Crippen LogP contribution >= 0.6 is 0 Å². The first-order valence-electron chi connectivity index (χ1n) is 14.6. The molecular weight excluding hydrogens is 520 g/mol. The third kappa shape index (κ3) is 11.3. The predicted molar refractivity (Wildman–Crippen MR) is 162 cm³/mol. The fourth-order valence-corrected chi connectivity index (χ4v) is 4.73. The molecule has 0 aliphatic carbocycles. The van der Waals surface area contributed by atoms with E-state index in [1.165, 1.54) is 23.0 Å². The Hall–Kier alpha value is -3.27. The maximum atomic E-state index is 12.9.